The van der Waals surface area contributed by atoms with Gasteiger partial charge in [-0.1, -0.05) is 30.3 Å². The van der Waals surface area contributed by atoms with E-state index in [9.17, 15) is 14.7 Å². The number of aliphatic carboxylic acids is 1. The summed E-state index contributed by atoms with van der Waals surface area (Å²) >= 11 is 5.50. The largest absolute Gasteiger partial charge is 0.476 e. The predicted octanol–water partition coefficient (Wildman–Crippen LogP) is 2.36. The molecule has 0 radical (unpaired) electrons. The average Bonchev–Trinajstić information content (AvgIpc) is 3.40. The van der Waals surface area contributed by atoms with Gasteiger partial charge in [-0.05, 0) is 41.0 Å². The molecule has 8 nitrogen and oxygen atoms in total. The van der Waals surface area contributed by atoms with Crippen molar-refractivity contribution >= 4 is 41.6 Å². The third-order valence-electron chi connectivity index (χ3n) is 4.22. The molecule has 1 N–H and O–H groups in total. The molecule has 1 aromatic carbocycles. The van der Waals surface area contributed by atoms with Gasteiger partial charge in [-0.15, -0.1) is 16.4 Å². The van der Waals surface area contributed by atoms with E-state index in [2.05, 4.69) is 33.1 Å². The number of thiol groups is 1. The molecule has 3 rings (SSSR count). The number of rotatable bonds is 9. The van der Waals surface area contributed by atoms with Crippen molar-refractivity contribution in [2.45, 2.75) is 19.4 Å². The van der Waals surface area contributed by atoms with Gasteiger partial charge < -0.3 is 5.11 Å². The summed E-state index contributed by atoms with van der Waals surface area (Å²) < 4.78 is 1.53. The Morgan fingerprint density at radius 3 is 2.66 bits per heavy atom. The molecule has 1 atom stereocenters. The minimum absolute atomic E-state index is 0.255. The highest BCUT2D eigenvalue weighted by atomic mass is 32.1. The summed E-state index contributed by atoms with van der Waals surface area (Å²) in [6, 6.07) is 13.2. The van der Waals surface area contributed by atoms with Crippen molar-refractivity contribution in [3.8, 4) is 0 Å². The highest BCUT2D eigenvalue weighted by molar-refractivity contribution is 7.80. The number of hydrogen-bond acceptors (Lipinski definition) is 7. The Kier molecular flexibility index (Phi) is 7.25. The Bertz CT molecular complexity index is 986. The van der Waals surface area contributed by atoms with Crippen LogP contribution in [0.25, 0.3) is 0 Å². The van der Waals surface area contributed by atoms with Gasteiger partial charge in [0.25, 0.3) is 0 Å². The Balaban J connectivity index is 1.72. The number of aryl methyl sites for hydroxylation is 1. The first-order valence-corrected chi connectivity index (χ1v) is 10.3. The van der Waals surface area contributed by atoms with Crippen LogP contribution >= 0.6 is 24.0 Å². The van der Waals surface area contributed by atoms with Gasteiger partial charge >= 0.3 is 5.97 Å². The first-order chi connectivity index (χ1) is 14.1. The van der Waals surface area contributed by atoms with Crippen LogP contribution in [0.1, 0.15) is 21.7 Å². The molecule has 29 heavy (non-hydrogen) atoms. The molecule has 0 aliphatic heterocycles. The average molecular weight is 430 g/mol. The molecule has 0 aliphatic carbocycles. The summed E-state index contributed by atoms with van der Waals surface area (Å²) in [6.07, 6.45) is 2.72. The van der Waals surface area contributed by atoms with E-state index >= 15 is 0 Å². The number of tetrazole rings is 1. The molecule has 10 heteroatoms. The van der Waals surface area contributed by atoms with Crippen LogP contribution in [0.5, 0.6) is 0 Å². The van der Waals surface area contributed by atoms with Crippen LogP contribution in [-0.2, 0) is 22.6 Å². The number of carboxylic acid groups (broad SMARTS) is 1. The smallest absolute Gasteiger partial charge is 0.356 e. The van der Waals surface area contributed by atoms with E-state index in [0.29, 0.717) is 30.0 Å². The van der Waals surface area contributed by atoms with Crippen molar-refractivity contribution in [2.75, 3.05) is 5.75 Å². The summed E-state index contributed by atoms with van der Waals surface area (Å²) in [6.45, 7) is 0.412. The number of aliphatic imine (C=N–C) groups is 1. The SMILES string of the molecule is O=C(O)C(=NC(=O)[C@@H](CS)CCc1ccccc1)c1ccc(Cn2cnnn2)s1. The van der Waals surface area contributed by atoms with E-state index < -0.39 is 17.8 Å². The fourth-order valence-electron chi connectivity index (χ4n) is 2.69. The van der Waals surface area contributed by atoms with Crippen molar-refractivity contribution in [2.24, 2.45) is 10.9 Å². The van der Waals surface area contributed by atoms with Crippen LogP contribution in [0.4, 0.5) is 0 Å². The highest BCUT2D eigenvalue weighted by Crippen LogP contribution is 2.20. The van der Waals surface area contributed by atoms with Crippen LogP contribution in [0.2, 0.25) is 0 Å². The number of carbonyl (C=O) groups excluding carboxylic acids is 1. The molecular weight excluding hydrogens is 410 g/mol. The van der Waals surface area contributed by atoms with E-state index in [-0.39, 0.29) is 5.71 Å². The second kappa shape index (κ2) is 10.1. The van der Waals surface area contributed by atoms with Crippen LogP contribution in [0.15, 0.2) is 53.8 Å². The minimum atomic E-state index is -1.24. The maximum absolute atomic E-state index is 12.6. The number of carbonyl (C=O) groups is 2. The van der Waals surface area contributed by atoms with Gasteiger partial charge in [0.2, 0.25) is 5.91 Å². The van der Waals surface area contributed by atoms with Crippen molar-refractivity contribution in [3.05, 3.63) is 64.1 Å². The fraction of sp³-hybridized carbons (Fsp3) is 0.263. The summed E-state index contributed by atoms with van der Waals surface area (Å²) in [4.78, 5) is 29.5. The number of aromatic nitrogens is 4. The fourth-order valence-corrected chi connectivity index (χ4v) is 4.01. The van der Waals surface area contributed by atoms with Crippen LogP contribution in [0, 0.1) is 5.92 Å². The van der Waals surface area contributed by atoms with E-state index in [4.69, 9.17) is 0 Å². The lowest BCUT2D eigenvalue weighted by atomic mass is 10.0. The number of nitrogens with zero attached hydrogens (tertiary/aromatic N) is 5. The Morgan fingerprint density at radius 2 is 2.00 bits per heavy atom. The molecule has 0 aliphatic rings. The van der Waals surface area contributed by atoms with Crippen LogP contribution < -0.4 is 0 Å². The first-order valence-electron chi connectivity index (χ1n) is 8.87. The lowest BCUT2D eigenvalue weighted by molar-refractivity contribution is -0.130. The van der Waals surface area contributed by atoms with Gasteiger partial charge in [-0.2, -0.15) is 12.6 Å². The molecule has 0 fully saturated rings. The molecule has 2 aromatic heterocycles. The lowest BCUT2D eigenvalue weighted by Gasteiger charge is -2.11. The second-order valence-electron chi connectivity index (χ2n) is 6.28. The standard InChI is InChI=1S/C19H19N5O3S2/c25-18(14(11-28)7-6-13-4-2-1-3-5-13)21-17(19(26)27)16-9-8-15(29-16)10-24-12-20-22-23-24/h1-5,8-9,12,14,28H,6-7,10-11H2,(H,26,27)/t14-/m1/s1. The molecule has 0 saturated carbocycles. The summed E-state index contributed by atoms with van der Waals surface area (Å²) in [5.41, 5.74) is 0.856. The zero-order chi connectivity index (χ0) is 20.6. The van der Waals surface area contributed by atoms with Crippen LogP contribution in [-0.4, -0.2) is 48.7 Å². The van der Waals surface area contributed by atoms with Crippen molar-refractivity contribution < 1.29 is 14.7 Å². The number of benzene rings is 1. The molecular formula is C19H19N5O3S2. The van der Waals surface area contributed by atoms with Crippen molar-refractivity contribution in [1.82, 2.24) is 20.2 Å². The Morgan fingerprint density at radius 1 is 1.21 bits per heavy atom. The summed E-state index contributed by atoms with van der Waals surface area (Å²) in [5.74, 6) is -1.86. The maximum atomic E-state index is 12.6. The molecule has 1 amide bonds. The topological polar surface area (TPSA) is 110 Å². The summed E-state index contributed by atoms with van der Waals surface area (Å²) in [5, 5.41) is 20.5. The normalized spacial score (nSPS) is 12.7. The third kappa shape index (κ3) is 5.81. The van der Waals surface area contributed by atoms with Gasteiger partial charge in [0.05, 0.1) is 11.4 Å². The van der Waals surface area contributed by atoms with E-state index in [1.807, 2.05) is 30.3 Å². The number of amides is 1. The Labute approximate surface area is 176 Å². The minimum Gasteiger partial charge on any atom is -0.476 e. The molecule has 3 aromatic rings. The van der Waals surface area contributed by atoms with Gasteiger partial charge in [-0.25, -0.2) is 14.5 Å². The number of carboxylic acids is 1. The second-order valence-corrected chi connectivity index (χ2v) is 7.81. The molecule has 0 spiro atoms. The van der Waals surface area contributed by atoms with Gasteiger partial charge in [-0.3, -0.25) is 4.79 Å². The number of thiophene rings is 1. The highest BCUT2D eigenvalue weighted by Gasteiger charge is 2.22. The molecule has 0 saturated heterocycles. The quantitative estimate of drug-likeness (QED) is 0.399. The van der Waals surface area contributed by atoms with Crippen molar-refractivity contribution in [3.63, 3.8) is 0 Å². The predicted molar refractivity (Wildman–Crippen MR) is 113 cm³/mol. The zero-order valence-corrected chi connectivity index (χ0v) is 17.1. The summed E-state index contributed by atoms with van der Waals surface area (Å²) in [7, 11) is 0. The first kappa shape index (κ1) is 20.9. The number of hydrogen-bond donors (Lipinski definition) is 2. The van der Waals surface area contributed by atoms with Gasteiger partial charge in [0.1, 0.15) is 6.33 Å². The van der Waals surface area contributed by atoms with Crippen LogP contribution in [0.3, 0.4) is 0 Å². The molecule has 0 bridgehead atoms. The lowest BCUT2D eigenvalue weighted by Crippen LogP contribution is -2.21. The van der Waals surface area contributed by atoms with E-state index in [1.165, 1.54) is 22.3 Å². The van der Waals surface area contributed by atoms with Crippen molar-refractivity contribution in [1.29, 1.82) is 0 Å². The Hall–Kier alpha value is -2.85. The monoisotopic (exact) mass is 429 g/mol. The van der Waals surface area contributed by atoms with E-state index in [1.54, 1.807) is 12.1 Å². The van der Waals surface area contributed by atoms with E-state index in [0.717, 1.165) is 10.4 Å². The molecule has 2 heterocycles. The van der Waals surface area contributed by atoms with Gasteiger partial charge in [0.15, 0.2) is 5.71 Å². The third-order valence-corrected chi connectivity index (χ3v) is 5.74. The molecule has 0 unspecified atom stereocenters. The zero-order valence-electron chi connectivity index (χ0n) is 15.4. The molecule has 150 valence electrons. The maximum Gasteiger partial charge on any atom is 0.356 e. The van der Waals surface area contributed by atoms with Gasteiger partial charge in [0, 0.05) is 16.5 Å².